The highest BCUT2D eigenvalue weighted by Crippen LogP contribution is 2.31. The number of carbonyl (C=O) groups is 1. The number of esters is 1. The van der Waals surface area contributed by atoms with E-state index in [4.69, 9.17) is 0 Å². The van der Waals surface area contributed by atoms with Crippen molar-refractivity contribution in [3.63, 3.8) is 0 Å². The summed E-state index contributed by atoms with van der Waals surface area (Å²) in [5.74, 6) is 0.386. The lowest BCUT2D eigenvalue weighted by Gasteiger charge is -2.16. The summed E-state index contributed by atoms with van der Waals surface area (Å²) in [6.45, 7) is 8.95. The molecule has 0 saturated carbocycles. The summed E-state index contributed by atoms with van der Waals surface area (Å²) in [4.78, 5) is 11.3. The van der Waals surface area contributed by atoms with Crippen LogP contribution in [0.5, 0.6) is 0 Å². The molecular formula is C15H22N2O2. The highest BCUT2D eigenvalue weighted by Gasteiger charge is 2.20. The molecule has 0 radical (unpaired) electrons. The summed E-state index contributed by atoms with van der Waals surface area (Å²) >= 11 is 0. The van der Waals surface area contributed by atoms with Crippen molar-refractivity contribution in [2.45, 2.75) is 52.5 Å². The van der Waals surface area contributed by atoms with Gasteiger partial charge in [-0.2, -0.15) is 5.26 Å². The molecule has 1 aromatic heterocycles. The lowest BCUT2D eigenvalue weighted by molar-refractivity contribution is -0.140. The van der Waals surface area contributed by atoms with Crippen LogP contribution in [0.25, 0.3) is 0 Å². The van der Waals surface area contributed by atoms with Crippen LogP contribution in [0.1, 0.15) is 62.8 Å². The first-order valence-corrected chi connectivity index (χ1v) is 6.62. The van der Waals surface area contributed by atoms with E-state index >= 15 is 0 Å². The van der Waals surface area contributed by atoms with Gasteiger partial charge in [0.2, 0.25) is 0 Å². The number of ether oxygens (including phenoxy) is 1. The Balaban J connectivity index is 3.17. The van der Waals surface area contributed by atoms with Crippen molar-refractivity contribution >= 4 is 5.97 Å². The van der Waals surface area contributed by atoms with Gasteiger partial charge in [-0.1, -0.05) is 27.7 Å². The quantitative estimate of drug-likeness (QED) is 0.766. The molecule has 0 bridgehead atoms. The molecule has 0 unspecified atom stereocenters. The highest BCUT2D eigenvalue weighted by molar-refractivity contribution is 5.69. The van der Waals surface area contributed by atoms with Crippen LogP contribution in [0.2, 0.25) is 0 Å². The van der Waals surface area contributed by atoms with Gasteiger partial charge in [-0.15, -0.1) is 0 Å². The Hall–Kier alpha value is -1.76. The molecule has 0 aliphatic heterocycles. The van der Waals surface area contributed by atoms with Gasteiger partial charge >= 0.3 is 5.97 Å². The van der Waals surface area contributed by atoms with Gasteiger partial charge in [-0.05, 0) is 17.4 Å². The fourth-order valence-corrected chi connectivity index (χ4v) is 2.42. The van der Waals surface area contributed by atoms with Crippen LogP contribution in [0.4, 0.5) is 0 Å². The average molecular weight is 262 g/mol. The molecule has 0 amide bonds. The Kier molecular flexibility index (Phi) is 5.17. The molecule has 1 heterocycles. The van der Waals surface area contributed by atoms with Gasteiger partial charge < -0.3 is 9.30 Å². The summed E-state index contributed by atoms with van der Waals surface area (Å²) in [5, 5.41) is 9.26. The second-order valence-electron chi connectivity index (χ2n) is 5.28. The first kappa shape index (κ1) is 15.3. The van der Waals surface area contributed by atoms with Crippen LogP contribution in [0.15, 0.2) is 6.20 Å². The number of hydrogen-bond donors (Lipinski definition) is 0. The largest absolute Gasteiger partial charge is 0.469 e. The van der Waals surface area contributed by atoms with E-state index in [0.717, 1.165) is 11.3 Å². The molecule has 1 rings (SSSR count). The predicted molar refractivity (Wildman–Crippen MR) is 74.0 cm³/mol. The monoisotopic (exact) mass is 262 g/mol. The van der Waals surface area contributed by atoms with Crippen LogP contribution in [0.3, 0.4) is 0 Å². The lowest BCUT2D eigenvalue weighted by atomic mass is 9.94. The fraction of sp³-hybridized carbons (Fsp3) is 0.600. The molecule has 0 spiro atoms. The third-order valence-corrected chi connectivity index (χ3v) is 3.19. The summed E-state index contributed by atoms with van der Waals surface area (Å²) in [6.07, 6.45) is 2.18. The molecule has 4 heteroatoms. The molecule has 0 atom stereocenters. The molecular weight excluding hydrogens is 240 g/mol. The Bertz CT molecular complexity index is 493. The molecule has 19 heavy (non-hydrogen) atoms. The zero-order chi connectivity index (χ0) is 14.6. The first-order chi connectivity index (χ1) is 8.92. The smallest absolute Gasteiger partial charge is 0.307 e. The van der Waals surface area contributed by atoms with E-state index in [1.54, 1.807) is 0 Å². The van der Waals surface area contributed by atoms with Crippen LogP contribution in [-0.2, 0) is 16.1 Å². The number of rotatable bonds is 5. The molecule has 104 valence electrons. The highest BCUT2D eigenvalue weighted by atomic mass is 16.5. The zero-order valence-corrected chi connectivity index (χ0v) is 12.4. The molecule has 0 fully saturated rings. The Morgan fingerprint density at radius 3 is 2.42 bits per heavy atom. The van der Waals surface area contributed by atoms with Crippen LogP contribution in [-0.4, -0.2) is 17.6 Å². The molecule has 0 aromatic carbocycles. The maximum Gasteiger partial charge on any atom is 0.307 e. The second-order valence-corrected chi connectivity index (χ2v) is 5.28. The van der Waals surface area contributed by atoms with Crippen molar-refractivity contribution in [2.24, 2.45) is 0 Å². The van der Waals surface area contributed by atoms with Crippen molar-refractivity contribution in [2.75, 3.05) is 7.11 Å². The van der Waals surface area contributed by atoms with E-state index in [1.165, 1.54) is 7.11 Å². The molecule has 0 saturated heterocycles. The van der Waals surface area contributed by atoms with Crippen LogP contribution >= 0.6 is 0 Å². The van der Waals surface area contributed by atoms with Gasteiger partial charge in [0, 0.05) is 18.4 Å². The number of aromatic nitrogens is 1. The summed E-state index contributed by atoms with van der Waals surface area (Å²) in [5.41, 5.74) is 2.96. The topological polar surface area (TPSA) is 55.0 Å². The Morgan fingerprint density at radius 1 is 1.37 bits per heavy atom. The minimum Gasteiger partial charge on any atom is -0.469 e. The summed E-state index contributed by atoms with van der Waals surface area (Å²) < 4.78 is 6.69. The Labute approximate surface area is 115 Å². The second kappa shape index (κ2) is 6.42. The number of nitriles is 1. The van der Waals surface area contributed by atoms with Gasteiger partial charge in [0.05, 0.1) is 19.1 Å². The first-order valence-electron chi connectivity index (χ1n) is 6.62. The zero-order valence-electron chi connectivity index (χ0n) is 12.4. The van der Waals surface area contributed by atoms with E-state index in [-0.39, 0.29) is 5.97 Å². The summed E-state index contributed by atoms with van der Waals surface area (Å²) in [6, 6.07) is 2.26. The maximum atomic E-state index is 11.3. The third-order valence-electron chi connectivity index (χ3n) is 3.19. The van der Waals surface area contributed by atoms with E-state index in [0.29, 0.717) is 30.4 Å². The number of methoxy groups -OCH3 is 1. The van der Waals surface area contributed by atoms with E-state index in [1.807, 2.05) is 10.8 Å². The molecule has 0 aliphatic carbocycles. The molecule has 1 aromatic rings. The number of nitrogens with zero attached hydrogens (tertiary/aromatic N) is 2. The fourth-order valence-electron chi connectivity index (χ4n) is 2.42. The van der Waals surface area contributed by atoms with E-state index in [2.05, 4.69) is 38.5 Å². The average Bonchev–Trinajstić information content (AvgIpc) is 2.74. The minimum absolute atomic E-state index is 0.229. The summed E-state index contributed by atoms with van der Waals surface area (Å²) in [7, 11) is 1.39. The van der Waals surface area contributed by atoms with E-state index in [9.17, 15) is 10.1 Å². The van der Waals surface area contributed by atoms with Crippen molar-refractivity contribution in [1.82, 2.24) is 4.57 Å². The SMILES string of the molecule is COC(=O)CCn1cc(C#N)c(C(C)C)c1C(C)C. The van der Waals surface area contributed by atoms with Gasteiger partial charge in [0.1, 0.15) is 6.07 Å². The molecule has 0 aliphatic rings. The Morgan fingerprint density at radius 2 is 2.00 bits per heavy atom. The van der Waals surface area contributed by atoms with Gasteiger partial charge in [-0.3, -0.25) is 4.79 Å². The maximum absolute atomic E-state index is 11.3. The number of hydrogen-bond acceptors (Lipinski definition) is 3. The standard InChI is InChI=1S/C15H22N2O2/c1-10(2)14-12(8-16)9-17(15(14)11(3)4)7-6-13(18)19-5/h9-11H,6-7H2,1-5H3. The van der Waals surface area contributed by atoms with Gasteiger partial charge in [-0.25, -0.2) is 0 Å². The number of carbonyl (C=O) groups excluding carboxylic acids is 1. The van der Waals surface area contributed by atoms with Crippen molar-refractivity contribution in [3.05, 3.63) is 23.0 Å². The molecule has 4 nitrogen and oxygen atoms in total. The number of aryl methyl sites for hydroxylation is 1. The van der Waals surface area contributed by atoms with Gasteiger partial charge in [0.25, 0.3) is 0 Å². The third kappa shape index (κ3) is 3.37. The minimum atomic E-state index is -0.229. The van der Waals surface area contributed by atoms with Crippen molar-refractivity contribution in [1.29, 1.82) is 5.26 Å². The van der Waals surface area contributed by atoms with Crippen molar-refractivity contribution in [3.8, 4) is 6.07 Å². The predicted octanol–water partition coefficient (Wildman–Crippen LogP) is 3.17. The molecule has 0 N–H and O–H groups in total. The van der Waals surface area contributed by atoms with E-state index < -0.39 is 0 Å². The normalized spacial score (nSPS) is 10.8. The lowest BCUT2D eigenvalue weighted by Crippen LogP contribution is -2.10. The van der Waals surface area contributed by atoms with Gasteiger partial charge in [0.15, 0.2) is 0 Å². The van der Waals surface area contributed by atoms with Crippen LogP contribution < -0.4 is 0 Å². The van der Waals surface area contributed by atoms with Crippen molar-refractivity contribution < 1.29 is 9.53 Å². The van der Waals surface area contributed by atoms with Crippen LogP contribution in [0, 0.1) is 11.3 Å².